The summed E-state index contributed by atoms with van der Waals surface area (Å²) in [5.41, 5.74) is 3.47. The minimum atomic E-state index is -3.19. The third-order valence-electron chi connectivity index (χ3n) is 9.26. The van der Waals surface area contributed by atoms with Crippen LogP contribution >= 0.6 is 7.60 Å². The first-order valence-electron chi connectivity index (χ1n) is 16.4. The molecule has 0 spiro atoms. The van der Waals surface area contributed by atoms with Crippen LogP contribution in [0.1, 0.15) is 95.6 Å². The first kappa shape index (κ1) is 33.9. The van der Waals surface area contributed by atoms with Crippen molar-refractivity contribution in [1.29, 1.82) is 0 Å². The number of rotatable bonds is 18. The molecule has 0 bridgehead atoms. The molecule has 2 aliphatic carbocycles. The van der Waals surface area contributed by atoms with E-state index < -0.39 is 19.1 Å². The van der Waals surface area contributed by atoms with E-state index >= 15 is 0 Å². The molecule has 1 saturated carbocycles. The third-order valence-corrected chi connectivity index (χ3v) is 11.3. The average molecular weight is 614 g/mol. The van der Waals surface area contributed by atoms with Crippen molar-refractivity contribution in [3.63, 3.8) is 0 Å². The van der Waals surface area contributed by atoms with E-state index in [0.29, 0.717) is 51.1 Å². The maximum absolute atomic E-state index is 14.4. The van der Waals surface area contributed by atoms with Crippen LogP contribution in [0.2, 0.25) is 0 Å². The van der Waals surface area contributed by atoms with E-state index in [-0.39, 0.29) is 12.0 Å². The summed E-state index contributed by atoms with van der Waals surface area (Å²) in [6, 6.07) is 16.5. The number of hydrogen-bond donors (Lipinski definition) is 2. The van der Waals surface area contributed by atoms with E-state index in [1.165, 1.54) is 0 Å². The highest BCUT2D eigenvalue weighted by Crippen LogP contribution is 2.53. The molecule has 2 aliphatic rings. The predicted molar refractivity (Wildman–Crippen MR) is 172 cm³/mol. The minimum Gasteiger partial charge on any atom is -0.390 e. The zero-order chi connectivity index (χ0) is 30.7. The van der Waals surface area contributed by atoms with Crippen LogP contribution in [0.15, 0.2) is 48.5 Å². The van der Waals surface area contributed by atoms with E-state index in [4.69, 9.17) is 13.8 Å². The summed E-state index contributed by atoms with van der Waals surface area (Å²) in [4.78, 5) is 14.4. The molecule has 2 N–H and O–H groups in total. The van der Waals surface area contributed by atoms with Gasteiger partial charge >= 0.3 is 7.60 Å². The second-order valence-electron chi connectivity index (χ2n) is 12.2. The molecule has 0 heterocycles. The second kappa shape index (κ2) is 16.3. The lowest BCUT2D eigenvalue weighted by Crippen LogP contribution is -2.45. The molecule has 43 heavy (non-hydrogen) atoms. The predicted octanol–water partition coefficient (Wildman–Crippen LogP) is 7.63. The summed E-state index contributed by atoms with van der Waals surface area (Å²) >= 11 is 0. The van der Waals surface area contributed by atoms with Crippen molar-refractivity contribution < 1.29 is 28.3 Å². The molecule has 2 aromatic rings. The van der Waals surface area contributed by atoms with Gasteiger partial charge in [0.2, 0.25) is 5.91 Å². The van der Waals surface area contributed by atoms with Gasteiger partial charge in [0.05, 0.1) is 31.6 Å². The Kier molecular flexibility index (Phi) is 12.9. The van der Waals surface area contributed by atoms with Crippen LogP contribution in [-0.2, 0) is 28.6 Å². The van der Waals surface area contributed by atoms with Gasteiger partial charge in [-0.3, -0.25) is 9.36 Å². The number of carbonyl (C=O) groups excluding carboxylic acids is 1. The number of fused-ring (bicyclic) bond motifs is 3. The third kappa shape index (κ3) is 8.18. The van der Waals surface area contributed by atoms with Gasteiger partial charge in [0.25, 0.3) is 0 Å². The number of aliphatic hydroxyl groups is 1. The van der Waals surface area contributed by atoms with E-state index in [0.717, 1.165) is 73.6 Å². The number of carbonyl (C=O) groups is 1. The van der Waals surface area contributed by atoms with Crippen LogP contribution in [0, 0.1) is 5.92 Å². The highest BCUT2D eigenvalue weighted by molar-refractivity contribution is 7.53. The number of amides is 1. The molecule has 7 nitrogen and oxygen atoms in total. The summed E-state index contributed by atoms with van der Waals surface area (Å²) in [7, 11) is -1.54. The summed E-state index contributed by atoms with van der Waals surface area (Å²) < 4.78 is 30.7. The normalized spacial score (nSPS) is 20.9. The monoisotopic (exact) mass is 613 g/mol. The molecule has 3 unspecified atom stereocenters. The fourth-order valence-corrected chi connectivity index (χ4v) is 8.52. The number of methoxy groups -OCH3 is 1. The van der Waals surface area contributed by atoms with Crippen molar-refractivity contribution in [2.24, 2.45) is 5.92 Å². The van der Waals surface area contributed by atoms with Crippen molar-refractivity contribution in [3.8, 4) is 11.1 Å². The van der Waals surface area contributed by atoms with Crippen LogP contribution in [0.25, 0.3) is 11.1 Å². The van der Waals surface area contributed by atoms with Crippen molar-refractivity contribution in [3.05, 3.63) is 59.7 Å². The van der Waals surface area contributed by atoms with Crippen LogP contribution in [0.3, 0.4) is 0 Å². The van der Waals surface area contributed by atoms with E-state index in [1.54, 1.807) is 7.11 Å². The van der Waals surface area contributed by atoms with Gasteiger partial charge in [0, 0.05) is 13.7 Å². The van der Waals surface area contributed by atoms with Crippen LogP contribution in [0.5, 0.6) is 0 Å². The van der Waals surface area contributed by atoms with Gasteiger partial charge in [-0.25, -0.2) is 0 Å². The number of unbranched alkanes of at least 4 members (excludes halogenated alkanes) is 3. The second-order valence-corrected chi connectivity index (χ2v) is 14.4. The van der Waals surface area contributed by atoms with Gasteiger partial charge in [-0.15, -0.1) is 0 Å². The summed E-state index contributed by atoms with van der Waals surface area (Å²) in [6.07, 6.45) is 8.77. The minimum absolute atomic E-state index is 0.0191. The molecule has 0 aliphatic heterocycles. The number of hydrogen-bond acceptors (Lipinski definition) is 6. The molecule has 8 heteroatoms. The summed E-state index contributed by atoms with van der Waals surface area (Å²) in [5.74, 6) is 0.424. The van der Waals surface area contributed by atoms with Gasteiger partial charge in [-0.1, -0.05) is 81.6 Å². The maximum Gasteiger partial charge on any atom is 0.330 e. The lowest BCUT2D eigenvalue weighted by molar-refractivity contribution is -0.125. The Morgan fingerprint density at radius 3 is 2.12 bits per heavy atom. The molecule has 0 saturated heterocycles. The largest absolute Gasteiger partial charge is 0.390 e. The van der Waals surface area contributed by atoms with Crippen LogP contribution in [-0.4, -0.2) is 56.3 Å². The standard InChI is InChI=1S/C35H52NO6P/c1-4-6-23-41-43(39,42-24-7-5-2)25-13-12-21-35(30-16-10-8-14-28(30)29-15-9-11-17-31(29)35)34(38)36-22-20-27-18-19-32(37)33(26-27)40-3/h8-11,14-17,27,32-33,37H,4-7,12-13,18-26H2,1-3H3,(H,36,38). The highest BCUT2D eigenvalue weighted by atomic mass is 31.2. The highest BCUT2D eigenvalue weighted by Gasteiger charge is 2.48. The topological polar surface area (TPSA) is 94.1 Å². The molecule has 1 amide bonds. The molecule has 4 rings (SSSR count). The van der Waals surface area contributed by atoms with Gasteiger partial charge in [0.1, 0.15) is 5.41 Å². The van der Waals surface area contributed by atoms with Crippen molar-refractivity contribution >= 4 is 13.5 Å². The number of nitrogens with one attached hydrogen (secondary N) is 1. The Morgan fingerprint density at radius 1 is 0.930 bits per heavy atom. The number of ether oxygens (including phenoxy) is 1. The number of aliphatic hydroxyl groups excluding tert-OH is 1. The van der Waals surface area contributed by atoms with Crippen molar-refractivity contribution in [2.45, 2.75) is 102 Å². The average Bonchev–Trinajstić information content (AvgIpc) is 3.31. The molecule has 0 aromatic heterocycles. The molecule has 2 aromatic carbocycles. The lowest BCUT2D eigenvalue weighted by Gasteiger charge is -2.33. The molecule has 0 radical (unpaired) electrons. The number of benzene rings is 2. The quantitative estimate of drug-likeness (QED) is 0.133. The summed E-state index contributed by atoms with van der Waals surface area (Å²) in [6.45, 7) is 5.64. The molecular weight excluding hydrogens is 561 g/mol. The molecule has 3 atom stereocenters. The Balaban J connectivity index is 1.49. The van der Waals surface area contributed by atoms with Gasteiger partial charge < -0.3 is 24.2 Å². The van der Waals surface area contributed by atoms with Gasteiger partial charge in [0.15, 0.2) is 0 Å². The van der Waals surface area contributed by atoms with E-state index in [2.05, 4.69) is 43.4 Å². The molecular formula is C35H52NO6P. The van der Waals surface area contributed by atoms with Gasteiger partial charge in [-0.2, -0.15) is 0 Å². The molecule has 1 fully saturated rings. The first-order chi connectivity index (χ1) is 20.9. The van der Waals surface area contributed by atoms with Crippen LogP contribution in [0.4, 0.5) is 0 Å². The van der Waals surface area contributed by atoms with E-state index in [9.17, 15) is 14.5 Å². The zero-order valence-corrected chi connectivity index (χ0v) is 27.3. The SMILES string of the molecule is CCCCOP(=O)(CCCCC1(C(=O)NCCC2CCC(O)C(OC)C2)c2ccccc2-c2ccccc21)OCCCC. The van der Waals surface area contributed by atoms with E-state index in [1.807, 2.05) is 24.3 Å². The fourth-order valence-electron chi connectivity index (χ4n) is 6.76. The Hall–Kier alpha value is -2.02. The smallest absolute Gasteiger partial charge is 0.330 e. The molecule has 238 valence electrons. The Labute approximate surface area is 258 Å². The Morgan fingerprint density at radius 2 is 1.53 bits per heavy atom. The van der Waals surface area contributed by atoms with Crippen molar-refractivity contribution in [1.82, 2.24) is 5.32 Å². The van der Waals surface area contributed by atoms with Crippen molar-refractivity contribution in [2.75, 3.05) is 33.0 Å². The first-order valence-corrected chi connectivity index (χ1v) is 18.2. The summed E-state index contributed by atoms with van der Waals surface area (Å²) in [5, 5.41) is 13.5. The lowest BCUT2D eigenvalue weighted by atomic mass is 9.73. The zero-order valence-electron chi connectivity index (χ0n) is 26.4. The van der Waals surface area contributed by atoms with Gasteiger partial charge in [-0.05, 0) is 79.5 Å². The maximum atomic E-state index is 14.4. The van der Waals surface area contributed by atoms with Crippen LogP contribution < -0.4 is 5.32 Å². The fraction of sp³-hybridized carbons (Fsp3) is 0.629. The Bertz CT molecular complexity index is 1160.